The first-order valence-corrected chi connectivity index (χ1v) is 12.9. The highest BCUT2D eigenvalue weighted by molar-refractivity contribution is 7.99. The zero-order valence-electron chi connectivity index (χ0n) is 20.2. The topological polar surface area (TPSA) is 83.6 Å². The average molecular weight is 514 g/mol. The standard InChI is InChI=1S/C28H30F2N2O3S/c1-32(12-2-14-36-26-16-22(29)15-23(30)17-26)13-11-21(18-32)28(27(31)35,19-3-7-24(33)8-4-19)20-5-9-25(34)10-6-20/h3-10,15-17,21H,2,11-14,18H2,1H3,(H3-,31,33,34,35)/p+1/t21-,32?/m1/s1. The molecule has 36 heavy (non-hydrogen) atoms. The van der Waals surface area contributed by atoms with Crippen LogP contribution in [0.4, 0.5) is 8.78 Å². The zero-order valence-corrected chi connectivity index (χ0v) is 21.0. The number of benzene rings is 3. The number of nitrogens with zero attached hydrogens (tertiary/aromatic N) is 1. The number of phenols is 2. The van der Waals surface area contributed by atoms with Crippen LogP contribution in [0.1, 0.15) is 24.0 Å². The second-order valence-corrected chi connectivity index (χ2v) is 11.0. The molecule has 0 bridgehead atoms. The smallest absolute Gasteiger partial charge is 0.233 e. The molecule has 2 atom stereocenters. The van der Waals surface area contributed by atoms with Gasteiger partial charge in [0.1, 0.15) is 28.5 Å². The number of hydrogen-bond donors (Lipinski definition) is 3. The predicted molar refractivity (Wildman–Crippen MR) is 137 cm³/mol. The number of phenolic OH excluding ortho intramolecular Hbond substituents is 2. The minimum Gasteiger partial charge on any atom is -0.508 e. The van der Waals surface area contributed by atoms with Gasteiger partial charge in [-0.05, 0) is 47.5 Å². The molecule has 8 heteroatoms. The Bertz CT molecular complexity index is 1150. The number of carbonyl (C=O) groups is 1. The fourth-order valence-corrected chi connectivity index (χ4v) is 6.46. The number of amides is 1. The van der Waals surface area contributed by atoms with Crippen LogP contribution in [0.3, 0.4) is 0 Å². The quantitative estimate of drug-likeness (QED) is 0.218. The van der Waals surface area contributed by atoms with E-state index in [4.69, 9.17) is 5.73 Å². The number of aromatic hydroxyl groups is 2. The van der Waals surface area contributed by atoms with Gasteiger partial charge in [-0.1, -0.05) is 24.3 Å². The lowest BCUT2D eigenvalue weighted by atomic mass is 9.64. The summed E-state index contributed by atoms with van der Waals surface area (Å²) in [5, 5.41) is 19.7. The third-order valence-corrected chi connectivity index (χ3v) is 8.33. The number of hydrogen-bond acceptors (Lipinski definition) is 4. The van der Waals surface area contributed by atoms with Crippen LogP contribution in [-0.4, -0.2) is 53.0 Å². The Morgan fingerprint density at radius 1 is 1.00 bits per heavy atom. The molecule has 5 nitrogen and oxygen atoms in total. The number of carbonyl (C=O) groups excluding carboxylic acids is 1. The first kappa shape index (κ1) is 26.0. The number of primary amides is 1. The highest BCUT2D eigenvalue weighted by Gasteiger charge is 2.53. The maximum absolute atomic E-state index is 13.5. The number of quaternary nitrogens is 1. The maximum atomic E-state index is 13.5. The summed E-state index contributed by atoms with van der Waals surface area (Å²) in [6.07, 6.45) is 1.61. The van der Waals surface area contributed by atoms with Crippen LogP contribution in [0.25, 0.3) is 0 Å². The van der Waals surface area contributed by atoms with Gasteiger partial charge in [0, 0.05) is 35.5 Å². The van der Waals surface area contributed by atoms with Crippen molar-refractivity contribution in [2.24, 2.45) is 11.7 Å². The molecular weight excluding hydrogens is 482 g/mol. The predicted octanol–water partition coefficient (Wildman–Crippen LogP) is 4.80. The lowest BCUT2D eigenvalue weighted by molar-refractivity contribution is -0.899. The van der Waals surface area contributed by atoms with Gasteiger partial charge in [0.15, 0.2) is 0 Å². The molecule has 190 valence electrons. The lowest BCUT2D eigenvalue weighted by Crippen LogP contribution is -2.51. The van der Waals surface area contributed by atoms with E-state index < -0.39 is 23.0 Å². The molecule has 1 amide bonds. The summed E-state index contributed by atoms with van der Waals surface area (Å²) >= 11 is 1.43. The monoisotopic (exact) mass is 513 g/mol. The van der Waals surface area contributed by atoms with Gasteiger partial charge >= 0.3 is 0 Å². The zero-order chi connectivity index (χ0) is 25.9. The van der Waals surface area contributed by atoms with Crippen molar-refractivity contribution in [2.45, 2.75) is 23.2 Å². The van der Waals surface area contributed by atoms with E-state index in [0.29, 0.717) is 22.6 Å². The Balaban J connectivity index is 1.55. The van der Waals surface area contributed by atoms with Gasteiger partial charge in [-0.15, -0.1) is 11.8 Å². The van der Waals surface area contributed by atoms with E-state index in [2.05, 4.69) is 7.05 Å². The Kier molecular flexibility index (Phi) is 7.57. The van der Waals surface area contributed by atoms with E-state index in [0.717, 1.165) is 42.2 Å². The van der Waals surface area contributed by atoms with Crippen molar-refractivity contribution in [3.05, 3.63) is 89.5 Å². The summed E-state index contributed by atoms with van der Waals surface area (Å²) in [5.41, 5.74) is 6.45. The third-order valence-electron chi connectivity index (χ3n) is 7.27. The molecule has 0 aromatic heterocycles. The van der Waals surface area contributed by atoms with Crippen molar-refractivity contribution in [2.75, 3.05) is 32.4 Å². The van der Waals surface area contributed by atoms with Gasteiger partial charge in [-0.25, -0.2) is 8.78 Å². The van der Waals surface area contributed by atoms with E-state index in [1.807, 2.05) is 0 Å². The minimum atomic E-state index is -1.12. The van der Waals surface area contributed by atoms with E-state index in [1.165, 1.54) is 23.9 Å². The Morgan fingerprint density at radius 2 is 1.53 bits per heavy atom. The molecule has 3 aromatic carbocycles. The van der Waals surface area contributed by atoms with E-state index in [-0.39, 0.29) is 17.4 Å². The van der Waals surface area contributed by atoms with Crippen molar-refractivity contribution in [3.63, 3.8) is 0 Å². The highest BCUT2D eigenvalue weighted by Crippen LogP contribution is 2.45. The molecule has 1 aliphatic heterocycles. The van der Waals surface area contributed by atoms with Gasteiger partial charge < -0.3 is 20.4 Å². The molecule has 1 saturated heterocycles. The van der Waals surface area contributed by atoms with E-state index >= 15 is 0 Å². The summed E-state index contributed by atoms with van der Waals surface area (Å²) in [6, 6.07) is 16.7. The fraction of sp³-hybridized carbons (Fsp3) is 0.321. The van der Waals surface area contributed by atoms with Crippen molar-refractivity contribution in [1.29, 1.82) is 0 Å². The molecule has 4 N–H and O–H groups in total. The molecule has 4 rings (SSSR count). The number of thioether (sulfide) groups is 1. The van der Waals surface area contributed by atoms with Crippen molar-refractivity contribution >= 4 is 17.7 Å². The van der Waals surface area contributed by atoms with Crippen LogP contribution in [0.2, 0.25) is 0 Å². The Morgan fingerprint density at radius 3 is 2.03 bits per heavy atom. The normalized spacial score (nSPS) is 19.9. The maximum Gasteiger partial charge on any atom is 0.233 e. The van der Waals surface area contributed by atoms with Crippen LogP contribution in [0, 0.1) is 17.6 Å². The average Bonchev–Trinajstić information content (AvgIpc) is 3.21. The number of halogens is 2. The second-order valence-electron chi connectivity index (χ2n) is 9.81. The molecule has 1 aliphatic rings. The van der Waals surface area contributed by atoms with Gasteiger partial charge in [0.2, 0.25) is 5.91 Å². The van der Waals surface area contributed by atoms with Crippen LogP contribution < -0.4 is 5.73 Å². The molecular formula is C28H31F2N2O3S+. The van der Waals surface area contributed by atoms with Crippen molar-refractivity contribution in [1.82, 2.24) is 0 Å². The fourth-order valence-electron chi connectivity index (χ4n) is 5.56. The SMILES string of the molecule is C[N+]1(CCCSc2cc(F)cc(F)c2)CC[C@@H](C(C(N)=O)(c2ccc(O)cc2)c2ccc(O)cc2)C1. The number of nitrogens with two attached hydrogens (primary N) is 1. The van der Waals surface area contributed by atoms with Crippen molar-refractivity contribution in [3.8, 4) is 11.5 Å². The Hall–Kier alpha value is -3.10. The van der Waals surface area contributed by atoms with Crippen LogP contribution >= 0.6 is 11.8 Å². The van der Waals surface area contributed by atoms with E-state index in [9.17, 15) is 23.8 Å². The molecule has 1 heterocycles. The molecule has 0 radical (unpaired) electrons. The largest absolute Gasteiger partial charge is 0.508 e. The van der Waals surface area contributed by atoms with E-state index in [1.54, 1.807) is 48.5 Å². The summed E-state index contributed by atoms with van der Waals surface area (Å²) in [4.78, 5) is 13.9. The lowest BCUT2D eigenvalue weighted by Gasteiger charge is -2.38. The first-order chi connectivity index (χ1) is 17.1. The summed E-state index contributed by atoms with van der Waals surface area (Å²) in [6.45, 7) is 2.42. The molecule has 0 spiro atoms. The Labute approximate surface area is 214 Å². The molecule has 0 aliphatic carbocycles. The molecule has 3 aromatic rings. The second kappa shape index (κ2) is 10.5. The van der Waals surface area contributed by atoms with Gasteiger partial charge in [-0.2, -0.15) is 0 Å². The summed E-state index contributed by atoms with van der Waals surface area (Å²) in [5.74, 6) is -0.801. The first-order valence-electron chi connectivity index (χ1n) is 11.9. The van der Waals surface area contributed by atoms with Gasteiger partial charge in [0.25, 0.3) is 0 Å². The molecule has 0 saturated carbocycles. The third kappa shape index (κ3) is 5.34. The van der Waals surface area contributed by atoms with Crippen molar-refractivity contribution < 1.29 is 28.3 Å². The minimum absolute atomic E-state index is 0.0981. The summed E-state index contributed by atoms with van der Waals surface area (Å²) < 4.78 is 27.7. The van der Waals surface area contributed by atoms with Crippen LogP contribution in [0.15, 0.2) is 71.6 Å². The number of likely N-dealkylation sites (tertiary alicyclic amines) is 1. The summed E-state index contributed by atoms with van der Waals surface area (Å²) in [7, 11) is 2.16. The van der Waals surface area contributed by atoms with Gasteiger partial charge in [-0.3, -0.25) is 4.79 Å². The number of rotatable bonds is 9. The van der Waals surface area contributed by atoms with Crippen LogP contribution in [0.5, 0.6) is 11.5 Å². The molecule has 1 unspecified atom stereocenters. The molecule has 1 fully saturated rings. The van der Waals surface area contributed by atoms with Crippen LogP contribution in [-0.2, 0) is 10.2 Å². The van der Waals surface area contributed by atoms with Gasteiger partial charge in [0.05, 0.1) is 26.7 Å². The highest BCUT2D eigenvalue weighted by atomic mass is 32.2.